The molecule has 0 bridgehead atoms. The molecule has 3 fully saturated rings. The summed E-state index contributed by atoms with van der Waals surface area (Å²) in [7, 11) is 0. The van der Waals surface area contributed by atoms with Crippen molar-refractivity contribution in [2.45, 2.75) is 39.2 Å². The van der Waals surface area contributed by atoms with Crippen LogP contribution < -0.4 is 5.32 Å². The van der Waals surface area contributed by atoms with Gasteiger partial charge in [-0.15, -0.1) is 0 Å². The van der Waals surface area contributed by atoms with E-state index in [4.69, 9.17) is 0 Å². The SMILES string of the molecule is CC(C(=O)N1CC2CNCC2C1(C)C)C1CC1. The van der Waals surface area contributed by atoms with Crippen LogP contribution >= 0.6 is 0 Å². The summed E-state index contributed by atoms with van der Waals surface area (Å²) in [5.74, 6) is 2.67. The molecule has 1 aliphatic carbocycles. The molecule has 1 saturated carbocycles. The van der Waals surface area contributed by atoms with E-state index in [2.05, 4.69) is 31.0 Å². The van der Waals surface area contributed by atoms with Crippen molar-refractivity contribution in [2.75, 3.05) is 19.6 Å². The van der Waals surface area contributed by atoms with Crippen molar-refractivity contribution in [2.24, 2.45) is 23.7 Å². The zero-order chi connectivity index (χ0) is 12.2. The van der Waals surface area contributed by atoms with E-state index in [0.717, 1.165) is 19.6 Å². The van der Waals surface area contributed by atoms with Gasteiger partial charge in [0.15, 0.2) is 0 Å². The molecule has 1 amide bonds. The average molecular weight is 236 g/mol. The van der Waals surface area contributed by atoms with E-state index in [-0.39, 0.29) is 11.5 Å². The topological polar surface area (TPSA) is 32.3 Å². The fourth-order valence-corrected chi connectivity index (χ4v) is 3.84. The van der Waals surface area contributed by atoms with E-state index >= 15 is 0 Å². The van der Waals surface area contributed by atoms with Gasteiger partial charge in [-0.05, 0) is 44.4 Å². The number of nitrogens with one attached hydrogen (secondary N) is 1. The largest absolute Gasteiger partial charge is 0.337 e. The van der Waals surface area contributed by atoms with E-state index in [1.54, 1.807) is 0 Å². The van der Waals surface area contributed by atoms with Crippen LogP contribution in [-0.2, 0) is 4.79 Å². The summed E-state index contributed by atoms with van der Waals surface area (Å²) in [5.41, 5.74) is 0.0500. The van der Waals surface area contributed by atoms with Crippen molar-refractivity contribution >= 4 is 5.91 Å². The Hall–Kier alpha value is -0.570. The molecule has 0 aromatic heterocycles. The van der Waals surface area contributed by atoms with E-state index in [1.807, 2.05) is 0 Å². The summed E-state index contributed by atoms with van der Waals surface area (Å²) < 4.78 is 0. The van der Waals surface area contributed by atoms with Gasteiger partial charge in [0.1, 0.15) is 0 Å². The Morgan fingerprint density at radius 1 is 1.35 bits per heavy atom. The summed E-state index contributed by atoms with van der Waals surface area (Å²) in [6.45, 7) is 9.78. The lowest BCUT2D eigenvalue weighted by atomic mass is 9.84. The molecule has 2 aliphatic heterocycles. The maximum absolute atomic E-state index is 12.6. The van der Waals surface area contributed by atoms with Crippen LogP contribution in [0.15, 0.2) is 0 Å². The average Bonchev–Trinajstić information content (AvgIpc) is 2.96. The number of hydrogen-bond acceptors (Lipinski definition) is 2. The lowest BCUT2D eigenvalue weighted by Crippen LogP contribution is -2.49. The minimum atomic E-state index is 0.0500. The molecule has 96 valence electrons. The van der Waals surface area contributed by atoms with Crippen molar-refractivity contribution < 1.29 is 4.79 Å². The lowest BCUT2D eigenvalue weighted by molar-refractivity contribution is -0.139. The zero-order valence-corrected chi connectivity index (χ0v) is 11.2. The smallest absolute Gasteiger partial charge is 0.226 e. The first-order chi connectivity index (χ1) is 8.01. The van der Waals surface area contributed by atoms with E-state index in [0.29, 0.717) is 23.7 Å². The Balaban J connectivity index is 1.77. The van der Waals surface area contributed by atoms with Gasteiger partial charge in [0.25, 0.3) is 0 Å². The fraction of sp³-hybridized carbons (Fsp3) is 0.929. The predicted molar refractivity (Wildman–Crippen MR) is 67.5 cm³/mol. The van der Waals surface area contributed by atoms with Gasteiger partial charge in [-0.25, -0.2) is 0 Å². The molecular weight excluding hydrogens is 212 g/mol. The number of hydrogen-bond donors (Lipinski definition) is 1. The number of likely N-dealkylation sites (tertiary alicyclic amines) is 1. The summed E-state index contributed by atoms with van der Waals surface area (Å²) in [6.07, 6.45) is 2.52. The zero-order valence-electron chi connectivity index (χ0n) is 11.2. The van der Waals surface area contributed by atoms with Crippen LogP contribution in [0.2, 0.25) is 0 Å². The second-order valence-corrected chi connectivity index (χ2v) is 6.75. The van der Waals surface area contributed by atoms with Gasteiger partial charge in [0.2, 0.25) is 5.91 Å². The molecule has 0 aromatic carbocycles. The first-order valence-electron chi connectivity index (χ1n) is 7.04. The molecule has 2 heterocycles. The van der Waals surface area contributed by atoms with Gasteiger partial charge in [0, 0.05) is 31.1 Å². The van der Waals surface area contributed by atoms with Gasteiger partial charge in [-0.3, -0.25) is 4.79 Å². The molecule has 0 radical (unpaired) electrons. The normalized spacial score (nSPS) is 37.0. The van der Waals surface area contributed by atoms with Gasteiger partial charge in [0.05, 0.1) is 0 Å². The van der Waals surface area contributed by atoms with Crippen LogP contribution in [-0.4, -0.2) is 36.0 Å². The summed E-state index contributed by atoms with van der Waals surface area (Å²) in [4.78, 5) is 14.8. The Morgan fingerprint density at radius 2 is 2.06 bits per heavy atom. The molecule has 3 nitrogen and oxygen atoms in total. The maximum atomic E-state index is 12.6. The Kier molecular flexibility index (Phi) is 2.51. The molecule has 1 N–H and O–H groups in total. The molecule has 3 rings (SSSR count). The molecule has 3 aliphatic rings. The molecule has 3 atom stereocenters. The minimum absolute atomic E-state index is 0.0500. The quantitative estimate of drug-likeness (QED) is 0.788. The van der Waals surface area contributed by atoms with Crippen molar-refractivity contribution in [3.8, 4) is 0 Å². The Bertz CT molecular complexity index is 335. The van der Waals surface area contributed by atoms with Crippen LogP contribution in [0.5, 0.6) is 0 Å². The number of nitrogens with zero attached hydrogens (tertiary/aromatic N) is 1. The van der Waals surface area contributed by atoms with Gasteiger partial charge in [-0.1, -0.05) is 6.92 Å². The standard InChI is InChI=1S/C14H24N2O/c1-9(10-4-5-10)13(17)16-8-11-6-15-7-12(11)14(16,2)3/h9-12,15H,4-8H2,1-3H3. The Labute approximate surface area is 104 Å². The van der Waals surface area contributed by atoms with Crippen LogP contribution in [0.25, 0.3) is 0 Å². The third-order valence-electron chi connectivity index (χ3n) is 5.34. The number of carbonyl (C=O) groups excluding carboxylic acids is 1. The predicted octanol–water partition coefficient (Wildman–Crippen LogP) is 1.49. The van der Waals surface area contributed by atoms with Crippen molar-refractivity contribution in [3.05, 3.63) is 0 Å². The summed E-state index contributed by atoms with van der Waals surface area (Å²) in [5, 5.41) is 3.47. The number of fused-ring (bicyclic) bond motifs is 1. The summed E-state index contributed by atoms with van der Waals surface area (Å²) in [6, 6.07) is 0. The highest BCUT2D eigenvalue weighted by Gasteiger charge is 2.52. The summed E-state index contributed by atoms with van der Waals surface area (Å²) >= 11 is 0. The van der Waals surface area contributed by atoms with Crippen LogP contribution in [0.3, 0.4) is 0 Å². The molecule has 3 heteroatoms. The Morgan fingerprint density at radius 3 is 2.65 bits per heavy atom. The van der Waals surface area contributed by atoms with E-state index < -0.39 is 0 Å². The third kappa shape index (κ3) is 1.70. The number of amides is 1. The van der Waals surface area contributed by atoms with Gasteiger partial charge >= 0.3 is 0 Å². The lowest BCUT2D eigenvalue weighted by Gasteiger charge is -2.37. The second kappa shape index (κ2) is 3.71. The van der Waals surface area contributed by atoms with Crippen LogP contribution in [0.1, 0.15) is 33.6 Å². The first kappa shape index (κ1) is 11.5. The first-order valence-corrected chi connectivity index (χ1v) is 7.04. The third-order valence-corrected chi connectivity index (χ3v) is 5.34. The van der Waals surface area contributed by atoms with Crippen LogP contribution in [0, 0.1) is 23.7 Å². The van der Waals surface area contributed by atoms with E-state index in [9.17, 15) is 4.79 Å². The molecule has 2 saturated heterocycles. The van der Waals surface area contributed by atoms with Gasteiger partial charge < -0.3 is 10.2 Å². The van der Waals surface area contributed by atoms with Gasteiger partial charge in [-0.2, -0.15) is 0 Å². The highest BCUT2D eigenvalue weighted by molar-refractivity contribution is 5.80. The van der Waals surface area contributed by atoms with Crippen LogP contribution in [0.4, 0.5) is 0 Å². The molecule has 0 spiro atoms. The monoisotopic (exact) mass is 236 g/mol. The molecule has 0 aromatic rings. The number of rotatable bonds is 2. The second-order valence-electron chi connectivity index (χ2n) is 6.75. The highest BCUT2D eigenvalue weighted by atomic mass is 16.2. The highest BCUT2D eigenvalue weighted by Crippen LogP contribution is 2.44. The van der Waals surface area contributed by atoms with Crippen molar-refractivity contribution in [1.82, 2.24) is 10.2 Å². The van der Waals surface area contributed by atoms with E-state index in [1.165, 1.54) is 12.8 Å². The number of carbonyl (C=O) groups is 1. The minimum Gasteiger partial charge on any atom is -0.337 e. The van der Waals surface area contributed by atoms with Crippen molar-refractivity contribution in [1.29, 1.82) is 0 Å². The molecule has 3 unspecified atom stereocenters. The molecular formula is C14H24N2O. The molecule has 17 heavy (non-hydrogen) atoms. The van der Waals surface area contributed by atoms with Crippen molar-refractivity contribution in [3.63, 3.8) is 0 Å². The fourth-order valence-electron chi connectivity index (χ4n) is 3.84. The maximum Gasteiger partial charge on any atom is 0.226 e.